The van der Waals surface area contributed by atoms with Gasteiger partial charge < -0.3 is 20.9 Å². The monoisotopic (exact) mass is 431 g/mol. The highest BCUT2D eigenvalue weighted by molar-refractivity contribution is 5.98. The van der Waals surface area contributed by atoms with E-state index in [4.69, 9.17) is 10.5 Å². The second-order valence-corrected chi connectivity index (χ2v) is 7.13. The maximum absolute atomic E-state index is 12.5. The summed E-state index contributed by atoms with van der Waals surface area (Å²) >= 11 is 0. The van der Waals surface area contributed by atoms with Gasteiger partial charge in [0, 0.05) is 41.9 Å². The second kappa shape index (κ2) is 10.9. The van der Waals surface area contributed by atoms with E-state index in [1.165, 1.54) is 13.2 Å². The number of Topliss-reactive ketones (excluding diaryl/α,β-unsaturated/α-hetero) is 1. The Morgan fingerprint density at radius 2 is 1.91 bits per heavy atom. The summed E-state index contributed by atoms with van der Waals surface area (Å²) in [5.41, 5.74) is 9.41. The maximum atomic E-state index is 12.5. The fourth-order valence-corrected chi connectivity index (χ4v) is 3.10. The van der Waals surface area contributed by atoms with Crippen molar-refractivity contribution in [2.75, 3.05) is 12.8 Å². The summed E-state index contributed by atoms with van der Waals surface area (Å²) in [5.74, 6) is 0.625. The molecular weight excluding hydrogens is 406 g/mol. The summed E-state index contributed by atoms with van der Waals surface area (Å²) in [6.07, 6.45) is 4.88. The zero-order chi connectivity index (χ0) is 22.9. The van der Waals surface area contributed by atoms with Crippen molar-refractivity contribution in [3.8, 4) is 5.75 Å². The van der Waals surface area contributed by atoms with Gasteiger partial charge in [-0.3, -0.25) is 9.59 Å². The Labute approximate surface area is 186 Å². The third kappa shape index (κ3) is 6.02. The van der Waals surface area contributed by atoms with Crippen molar-refractivity contribution in [3.63, 3.8) is 0 Å². The molecule has 0 saturated heterocycles. The molecule has 0 aliphatic rings. The van der Waals surface area contributed by atoms with Crippen LogP contribution in [-0.2, 0) is 24.4 Å². The predicted molar refractivity (Wildman–Crippen MR) is 123 cm³/mol. The number of aliphatic hydroxyl groups excluding tert-OH is 1. The van der Waals surface area contributed by atoms with E-state index in [1.807, 2.05) is 12.1 Å². The Morgan fingerprint density at radius 1 is 1.12 bits per heavy atom. The molecule has 4 N–H and O–H groups in total. The number of nitrogen functional groups attached to an aromatic ring is 1. The van der Waals surface area contributed by atoms with Crippen LogP contribution >= 0.6 is 0 Å². The molecular formula is C25H25N3O4. The van der Waals surface area contributed by atoms with E-state index in [0.29, 0.717) is 34.8 Å². The molecule has 7 nitrogen and oxygen atoms in total. The van der Waals surface area contributed by atoms with E-state index in [-0.39, 0.29) is 24.7 Å². The largest absolute Gasteiger partial charge is 0.496 e. The number of methoxy groups -OCH3 is 1. The standard InChI is InChI=1S/C25H25N3O4/c1-32-23-13-17(4-10-21(23)16-29)7-11-24(31)28-15-18-5-8-19(9-6-18)22(30)14-20-3-2-12-27-25(20)26/h2-13,29H,14-16H2,1H3,(H2,26,27)(H,28,31)/b11-7+. The van der Waals surface area contributed by atoms with Crippen LogP contribution in [0.5, 0.6) is 5.75 Å². The van der Waals surface area contributed by atoms with Gasteiger partial charge in [-0.2, -0.15) is 0 Å². The molecule has 7 heteroatoms. The molecule has 32 heavy (non-hydrogen) atoms. The van der Waals surface area contributed by atoms with Crippen molar-refractivity contribution < 1.29 is 19.4 Å². The fourth-order valence-electron chi connectivity index (χ4n) is 3.10. The van der Waals surface area contributed by atoms with Crippen LogP contribution in [0.15, 0.2) is 66.9 Å². The number of benzene rings is 2. The molecule has 0 radical (unpaired) electrons. The number of nitrogens with one attached hydrogen (secondary N) is 1. The van der Waals surface area contributed by atoms with E-state index >= 15 is 0 Å². The number of aliphatic hydroxyl groups is 1. The molecule has 3 aromatic rings. The number of ether oxygens (including phenoxy) is 1. The molecule has 1 amide bonds. The minimum atomic E-state index is -0.248. The molecule has 0 aliphatic carbocycles. The highest BCUT2D eigenvalue weighted by atomic mass is 16.5. The zero-order valence-electron chi connectivity index (χ0n) is 17.7. The number of amides is 1. The van der Waals surface area contributed by atoms with E-state index in [9.17, 15) is 14.7 Å². The van der Waals surface area contributed by atoms with Gasteiger partial charge in [0.2, 0.25) is 5.91 Å². The van der Waals surface area contributed by atoms with Gasteiger partial charge in [0.15, 0.2) is 5.78 Å². The Morgan fingerprint density at radius 3 is 2.59 bits per heavy atom. The summed E-state index contributed by atoms with van der Waals surface area (Å²) in [7, 11) is 1.53. The number of aromatic nitrogens is 1. The van der Waals surface area contributed by atoms with Crippen molar-refractivity contribution in [1.29, 1.82) is 0 Å². The van der Waals surface area contributed by atoms with Crippen LogP contribution in [-0.4, -0.2) is 28.9 Å². The highest BCUT2D eigenvalue weighted by Crippen LogP contribution is 2.21. The molecule has 3 rings (SSSR count). The fraction of sp³-hybridized carbons (Fsp3) is 0.160. The summed E-state index contributed by atoms with van der Waals surface area (Å²) in [6, 6.07) is 15.9. The zero-order valence-corrected chi connectivity index (χ0v) is 17.7. The van der Waals surface area contributed by atoms with E-state index in [0.717, 1.165) is 11.1 Å². The minimum absolute atomic E-state index is 0.0501. The molecule has 0 fully saturated rings. The number of pyridine rings is 1. The summed E-state index contributed by atoms with van der Waals surface area (Å²) in [4.78, 5) is 28.6. The van der Waals surface area contributed by atoms with Crippen LogP contribution < -0.4 is 15.8 Å². The number of ketones is 1. The molecule has 1 aromatic heterocycles. The predicted octanol–water partition coefficient (Wildman–Crippen LogP) is 2.92. The van der Waals surface area contributed by atoms with Crippen molar-refractivity contribution >= 4 is 23.6 Å². The highest BCUT2D eigenvalue weighted by Gasteiger charge is 2.10. The van der Waals surface area contributed by atoms with Gasteiger partial charge in [-0.05, 0) is 29.3 Å². The number of carbonyl (C=O) groups excluding carboxylic acids is 2. The van der Waals surface area contributed by atoms with Gasteiger partial charge in [0.25, 0.3) is 0 Å². The van der Waals surface area contributed by atoms with Gasteiger partial charge >= 0.3 is 0 Å². The minimum Gasteiger partial charge on any atom is -0.496 e. The van der Waals surface area contributed by atoms with Crippen molar-refractivity contribution in [1.82, 2.24) is 10.3 Å². The molecule has 1 heterocycles. The Hall–Kier alpha value is -3.97. The molecule has 0 saturated carbocycles. The number of nitrogens with zero attached hydrogens (tertiary/aromatic N) is 1. The lowest BCUT2D eigenvalue weighted by Crippen LogP contribution is -2.20. The van der Waals surface area contributed by atoms with E-state index < -0.39 is 0 Å². The van der Waals surface area contributed by atoms with Crippen molar-refractivity contribution in [3.05, 3.63) is 94.7 Å². The third-order valence-corrected chi connectivity index (χ3v) is 4.93. The van der Waals surface area contributed by atoms with Crippen LogP contribution in [0.4, 0.5) is 5.82 Å². The molecule has 0 unspecified atom stereocenters. The first kappa shape index (κ1) is 22.7. The number of carbonyl (C=O) groups is 2. The van der Waals surface area contributed by atoms with Gasteiger partial charge in [-0.25, -0.2) is 4.98 Å². The maximum Gasteiger partial charge on any atom is 0.244 e. The molecule has 0 atom stereocenters. The van der Waals surface area contributed by atoms with Gasteiger partial charge in [0.1, 0.15) is 11.6 Å². The Balaban J connectivity index is 1.53. The first-order chi connectivity index (χ1) is 15.5. The van der Waals surface area contributed by atoms with E-state index in [1.54, 1.807) is 54.7 Å². The lowest BCUT2D eigenvalue weighted by Gasteiger charge is -2.07. The van der Waals surface area contributed by atoms with Crippen molar-refractivity contribution in [2.24, 2.45) is 0 Å². The molecule has 2 aromatic carbocycles. The first-order valence-electron chi connectivity index (χ1n) is 10.1. The van der Waals surface area contributed by atoms with Gasteiger partial charge in [0.05, 0.1) is 13.7 Å². The smallest absolute Gasteiger partial charge is 0.244 e. The van der Waals surface area contributed by atoms with E-state index in [2.05, 4.69) is 10.3 Å². The quantitative estimate of drug-likeness (QED) is 0.355. The average molecular weight is 431 g/mol. The summed E-state index contributed by atoms with van der Waals surface area (Å²) in [6.45, 7) is 0.218. The lowest BCUT2D eigenvalue weighted by molar-refractivity contribution is -0.116. The SMILES string of the molecule is COc1cc(/C=C/C(=O)NCc2ccc(C(=O)Cc3cccnc3N)cc2)ccc1CO. The van der Waals surface area contributed by atoms with Gasteiger partial charge in [-0.1, -0.05) is 42.5 Å². The average Bonchev–Trinajstić information content (AvgIpc) is 2.82. The molecule has 0 bridgehead atoms. The number of hydrogen-bond acceptors (Lipinski definition) is 6. The Bertz CT molecular complexity index is 1120. The van der Waals surface area contributed by atoms with Crippen LogP contribution in [0.3, 0.4) is 0 Å². The topological polar surface area (TPSA) is 115 Å². The van der Waals surface area contributed by atoms with Crippen LogP contribution in [0.25, 0.3) is 6.08 Å². The first-order valence-corrected chi connectivity index (χ1v) is 10.1. The summed E-state index contributed by atoms with van der Waals surface area (Å²) < 4.78 is 5.23. The number of nitrogens with two attached hydrogens (primary N) is 1. The van der Waals surface area contributed by atoms with Gasteiger partial charge in [-0.15, -0.1) is 0 Å². The molecule has 164 valence electrons. The summed E-state index contributed by atoms with van der Waals surface area (Å²) in [5, 5.41) is 12.1. The number of hydrogen-bond donors (Lipinski definition) is 3. The number of anilines is 1. The lowest BCUT2D eigenvalue weighted by atomic mass is 10.0. The Kier molecular flexibility index (Phi) is 7.72. The van der Waals surface area contributed by atoms with Crippen LogP contribution in [0, 0.1) is 0 Å². The van der Waals surface area contributed by atoms with Crippen molar-refractivity contribution in [2.45, 2.75) is 19.6 Å². The normalized spacial score (nSPS) is 10.8. The molecule has 0 aliphatic heterocycles. The van der Waals surface area contributed by atoms with Crippen LogP contribution in [0.2, 0.25) is 0 Å². The number of rotatable bonds is 9. The third-order valence-electron chi connectivity index (χ3n) is 4.93. The second-order valence-electron chi connectivity index (χ2n) is 7.13. The van der Waals surface area contributed by atoms with Crippen LogP contribution in [0.1, 0.15) is 32.6 Å². The molecule has 0 spiro atoms.